The molecule has 0 saturated carbocycles. The Kier molecular flexibility index (Phi) is 15.2. The summed E-state index contributed by atoms with van der Waals surface area (Å²) < 4.78 is 4.40. The van der Waals surface area contributed by atoms with Crippen molar-refractivity contribution in [2.45, 2.75) is 33.1 Å². The molecule has 94 valence electrons. The van der Waals surface area contributed by atoms with Gasteiger partial charge < -0.3 is 9.84 Å². The monoisotopic (exact) mass is 250 g/mol. The van der Waals surface area contributed by atoms with Crippen LogP contribution in [-0.2, 0) is 14.3 Å². The Hall–Kier alpha value is -1.03. The van der Waals surface area contributed by atoms with Gasteiger partial charge in [-0.3, -0.25) is 0 Å². The minimum absolute atomic E-state index is 0.253. The Labute approximate surface area is 101 Å². The highest BCUT2D eigenvalue weighted by Gasteiger charge is 1.94. The molecule has 4 nitrogen and oxygen atoms in total. The number of rotatable bonds is 6. The summed E-state index contributed by atoms with van der Waals surface area (Å²) in [6, 6.07) is 0. The summed E-state index contributed by atoms with van der Waals surface area (Å²) in [6.07, 6.45) is 5.33. The van der Waals surface area contributed by atoms with E-state index in [2.05, 4.69) is 11.7 Å². The van der Waals surface area contributed by atoms with Crippen LogP contribution in [0.3, 0.4) is 0 Å². The van der Waals surface area contributed by atoms with Crippen molar-refractivity contribution in [3.63, 3.8) is 0 Å². The van der Waals surface area contributed by atoms with Crippen LogP contribution >= 0.6 is 11.6 Å². The average Bonchev–Trinajstić information content (AvgIpc) is 2.25. The van der Waals surface area contributed by atoms with Crippen molar-refractivity contribution in [1.82, 2.24) is 0 Å². The fraction of sp³-hybridized carbons (Fsp3) is 0.636. The van der Waals surface area contributed by atoms with Gasteiger partial charge in [0.2, 0.25) is 0 Å². The molecule has 0 aliphatic heterocycles. The van der Waals surface area contributed by atoms with E-state index in [1.54, 1.807) is 6.92 Å². The van der Waals surface area contributed by atoms with Crippen LogP contribution in [0.15, 0.2) is 12.2 Å². The van der Waals surface area contributed by atoms with Crippen LogP contribution in [0.5, 0.6) is 0 Å². The maximum atomic E-state index is 10.4. The summed E-state index contributed by atoms with van der Waals surface area (Å²) in [4.78, 5) is 20.2. The predicted molar refractivity (Wildman–Crippen MR) is 63.7 cm³/mol. The first-order valence-corrected chi connectivity index (χ1v) is 5.75. The van der Waals surface area contributed by atoms with Crippen LogP contribution in [0, 0.1) is 0 Å². The largest absolute Gasteiger partial charge is 0.478 e. The lowest BCUT2D eigenvalue weighted by atomic mass is 10.3. The van der Waals surface area contributed by atoms with Crippen molar-refractivity contribution in [3.8, 4) is 0 Å². The predicted octanol–water partition coefficient (Wildman–Crippen LogP) is 2.61. The number of carboxylic acid groups (broad SMARTS) is 1. The zero-order chi connectivity index (χ0) is 12.8. The average molecular weight is 251 g/mol. The molecule has 0 heterocycles. The Bertz CT molecular complexity index is 210. The van der Waals surface area contributed by atoms with Crippen molar-refractivity contribution in [3.05, 3.63) is 12.2 Å². The number of aliphatic carboxylic acids is 1. The number of hydrogen-bond acceptors (Lipinski definition) is 3. The van der Waals surface area contributed by atoms with Crippen molar-refractivity contribution in [2.24, 2.45) is 0 Å². The summed E-state index contributed by atoms with van der Waals surface area (Å²) in [5, 5.41) is 8.04. The second-order valence-corrected chi connectivity index (χ2v) is 3.20. The maximum absolute atomic E-state index is 10.4. The number of halogens is 1. The number of unbranched alkanes of at least 4 members (excludes halogenated alkanes) is 2. The smallest absolute Gasteiger partial charge is 0.330 e. The van der Waals surface area contributed by atoms with Gasteiger partial charge >= 0.3 is 11.9 Å². The SMILES string of the molecule is CCCCCCl.CCOC(=O)/C=C\C(=O)O. The van der Waals surface area contributed by atoms with Crippen LogP contribution in [0.25, 0.3) is 0 Å². The van der Waals surface area contributed by atoms with Crippen LogP contribution in [0.1, 0.15) is 33.1 Å². The molecule has 0 unspecified atom stereocenters. The molecule has 0 amide bonds. The lowest BCUT2D eigenvalue weighted by Crippen LogP contribution is -2.00. The van der Waals surface area contributed by atoms with E-state index in [-0.39, 0.29) is 6.61 Å². The first kappa shape index (κ1) is 17.4. The van der Waals surface area contributed by atoms with Crippen LogP contribution < -0.4 is 0 Å². The zero-order valence-corrected chi connectivity index (χ0v) is 10.5. The second-order valence-electron chi connectivity index (χ2n) is 2.82. The van der Waals surface area contributed by atoms with Crippen molar-refractivity contribution in [1.29, 1.82) is 0 Å². The maximum Gasteiger partial charge on any atom is 0.330 e. The molecule has 5 heteroatoms. The van der Waals surface area contributed by atoms with Gasteiger partial charge in [-0.25, -0.2) is 9.59 Å². The van der Waals surface area contributed by atoms with Crippen LogP contribution in [-0.4, -0.2) is 29.5 Å². The molecule has 0 aliphatic rings. The number of carboxylic acids is 1. The highest BCUT2D eigenvalue weighted by atomic mass is 35.5. The van der Waals surface area contributed by atoms with Gasteiger partial charge in [0.25, 0.3) is 0 Å². The number of hydrogen-bond donors (Lipinski definition) is 1. The van der Waals surface area contributed by atoms with Gasteiger partial charge in [0, 0.05) is 18.0 Å². The molecular formula is C11H19ClO4. The molecule has 0 aromatic carbocycles. The Balaban J connectivity index is 0. The minimum atomic E-state index is -1.16. The Morgan fingerprint density at radius 3 is 2.19 bits per heavy atom. The first-order chi connectivity index (χ1) is 7.58. The summed E-state index contributed by atoms with van der Waals surface area (Å²) in [5.41, 5.74) is 0. The van der Waals surface area contributed by atoms with E-state index in [4.69, 9.17) is 16.7 Å². The standard InChI is InChI=1S/C6H8O4.C5H11Cl/c1-2-10-6(9)4-3-5(7)8;1-2-3-4-5-6/h3-4H,2H2,1H3,(H,7,8);2-5H2,1H3/b4-3-;. The van der Waals surface area contributed by atoms with E-state index in [9.17, 15) is 9.59 Å². The molecule has 0 rings (SSSR count). The van der Waals surface area contributed by atoms with Crippen molar-refractivity contribution < 1.29 is 19.4 Å². The Morgan fingerprint density at radius 1 is 1.25 bits per heavy atom. The number of ether oxygens (including phenoxy) is 1. The van der Waals surface area contributed by atoms with Crippen molar-refractivity contribution in [2.75, 3.05) is 12.5 Å². The summed E-state index contributed by atoms with van der Waals surface area (Å²) >= 11 is 5.38. The second kappa shape index (κ2) is 14.0. The lowest BCUT2D eigenvalue weighted by molar-refractivity contribution is -0.138. The number of esters is 1. The third-order valence-corrected chi connectivity index (χ3v) is 1.65. The molecule has 16 heavy (non-hydrogen) atoms. The molecule has 0 fully saturated rings. The molecule has 0 atom stereocenters. The van der Waals surface area contributed by atoms with Gasteiger partial charge in [0.1, 0.15) is 0 Å². The fourth-order valence-electron chi connectivity index (χ4n) is 0.674. The highest BCUT2D eigenvalue weighted by Crippen LogP contribution is 1.93. The number of carbonyl (C=O) groups excluding carboxylic acids is 1. The zero-order valence-electron chi connectivity index (χ0n) is 9.74. The third kappa shape index (κ3) is 18.7. The molecule has 0 bridgehead atoms. The van der Waals surface area contributed by atoms with Gasteiger partial charge in [0.15, 0.2) is 0 Å². The molecule has 0 radical (unpaired) electrons. The molecular weight excluding hydrogens is 232 g/mol. The topological polar surface area (TPSA) is 63.6 Å². The summed E-state index contributed by atoms with van der Waals surface area (Å²) in [6.45, 7) is 4.07. The van der Waals surface area contributed by atoms with Gasteiger partial charge in [-0.05, 0) is 13.3 Å². The van der Waals surface area contributed by atoms with Gasteiger partial charge in [-0.1, -0.05) is 19.8 Å². The Morgan fingerprint density at radius 2 is 1.88 bits per heavy atom. The van der Waals surface area contributed by atoms with E-state index >= 15 is 0 Å². The van der Waals surface area contributed by atoms with E-state index in [0.717, 1.165) is 18.0 Å². The minimum Gasteiger partial charge on any atom is -0.478 e. The highest BCUT2D eigenvalue weighted by molar-refractivity contribution is 6.17. The molecule has 0 aromatic heterocycles. The van der Waals surface area contributed by atoms with Gasteiger partial charge in [-0.15, -0.1) is 11.6 Å². The van der Waals surface area contributed by atoms with Crippen LogP contribution in [0.4, 0.5) is 0 Å². The van der Waals surface area contributed by atoms with E-state index in [0.29, 0.717) is 0 Å². The van der Waals surface area contributed by atoms with E-state index < -0.39 is 11.9 Å². The number of alkyl halides is 1. The van der Waals surface area contributed by atoms with Crippen molar-refractivity contribution >= 4 is 23.5 Å². The van der Waals surface area contributed by atoms with Gasteiger partial charge in [0.05, 0.1) is 6.61 Å². The third-order valence-electron chi connectivity index (χ3n) is 1.39. The van der Waals surface area contributed by atoms with Crippen LogP contribution in [0.2, 0.25) is 0 Å². The molecule has 0 aliphatic carbocycles. The first-order valence-electron chi connectivity index (χ1n) is 5.22. The molecule has 0 aromatic rings. The normalized spacial score (nSPS) is 9.44. The summed E-state index contributed by atoms with van der Waals surface area (Å²) in [5.74, 6) is -0.966. The number of carbonyl (C=O) groups is 2. The quantitative estimate of drug-likeness (QED) is 0.341. The molecule has 1 N–H and O–H groups in total. The summed E-state index contributed by atoms with van der Waals surface area (Å²) in [7, 11) is 0. The van der Waals surface area contributed by atoms with E-state index in [1.165, 1.54) is 19.3 Å². The van der Waals surface area contributed by atoms with E-state index in [1.807, 2.05) is 0 Å². The fourth-order valence-corrected chi connectivity index (χ4v) is 0.863. The molecule has 0 saturated heterocycles. The van der Waals surface area contributed by atoms with Gasteiger partial charge in [-0.2, -0.15) is 0 Å². The molecule has 0 spiro atoms. The lowest BCUT2D eigenvalue weighted by Gasteiger charge is -1.92.